The number of carboxylic acids is 1. The van der Waals surface area contributed by atoms with Crippen LogP contribution in [0.3, 0.4) is 0 Å². The molecule has 0 aliphatic heterocycles. The van der Waals surface area contributed by atoms with E-state index >= 15 is 0 Å². The predicted octanol–water partition coefficient (Wildman–Crippen LogP) is 8.23. The molecule has 4 rings (SSSR count). The first-order chi connectivity index (χ1) is 16.7. The molecule has 1 aliphatic carbocycles. The van der Waals surface area contributed by atoms with Crippen molar-refractivity contribution in [1.82, 2.24) is 0 Å². The van der Waals surface area contributed by atoms with Gasteiger partial charge in [0.25, 0.3) is 0 Å². The van der Waals surface area contributed by atoms with Crippen LogP contribution in [0.25, 0.3) is 0 Å². The fourth-order valence-corrected chi connectivity index (χ4v) is 4.99. The van der Waals surface area contributed by atoms with Crippen molar-refractivity contribution in [3.8, 4) is 5.75 Å². The van der Waals surface area contributed by atoms with E-state index in [2.05, 4.69) is 39.8 Å². The molecule has 6 heteroatoms. The van der Waals surface area contributed by atoms with Gasteiger partial charge in [-0.05, 0) is 89.2 Å². The first-order valence-corrected chi connectivity index (χ1v) is 12.0. The molecule has 1 N–H and O–H groups in total. The minimum Gasteiger partial charge on any atom is -0.481 e. The molecule has 3 nitrogen and oxygen atoms in total. The van der Waals surface area contributed by atoms with Crippen molar-refractivity contribution in [1.29, 1.82) is 0 Å². The molecular formula is C30H31F3O3. The van der Waals surface area contributed by atoms with E-state index < -0.39 is 23.8 Å². The van der Waals surface area contributed by atoms with Gasteiger partial charge in [-0.2, -0.15) is 13.2 Å². The molecule has 0 saturated carbocycles. The van der Waals surface area contributed by atoms with Crippen molar-refractivity contribution in [2.45, 2.75) is 70.6 Å². The summed E-state index contributed by atoms with van der Waals surface area (Å²) in [7, 11) is 0. The summed E-state index contributed by atoms with van der Waals surface area (Å²) in [6.07, 6.45) is -2.95. The number of aromatic carboxylic acids is 1. The normalized spacial score (nSPS) is 17.2. The van der Waals surface area contributed by atoms with Gasteiger partial charge >= 0.3 is 12.1 Å². The Hall–Kier alpha value is -3.28. The highest BCUT2D eigenvalue weighted by Gasteiger charge is 2.38. The lowest BCUT2D eigenvalue weighted by Gasteiger charge is -2.42. The molecule has 0 fully saturated rings. The second-order valence-corrected chi connectivity index (χ2v) is 11.0. The maximum absolute atomic E-state index is 13.1. The molecule has 0 bridgehead atoms. The zero-order chi connectivity index (χ0) is 26.5. The lowest BCUT2D eigenvalue weighted by Crippen LogP contribution is -2.34. The van der Waals surface area contributed by atoms with Gasteiger partial charge in [-0.25, -0.2) is 4.79 Å². The quantitative estimate of drug-likeness (QED) is 0.387. The zero-order valence-corrected chi connectivity index (χ0v) is 21.2. The third kappa shape index (κ3) is 4.99. The second kappa shape index (κ2) is 8.99. The van der Waals surface area contributed by atoms with Gasteiger partial charge < -0.3 is 9.84 Å². The molecule has 0 saturated heterocycles. The van der Waals surface area contributed by atoms with E-state index in [4.69, 9.17) is 4.74 Å². The van der Waals surface area contributed by atoms with Crippen molar-refractivity contribution in [3.63, 3.8) is 0 Å². The summed E-state index contributed by atoms with van der Waals surface area (Å²) in [5.41, 5.74) is 4.57. The predicted molar refractivity (Wildman–Crippen MR) is 134 cm³/mol. The zero-order valence-electron chi connectivity index (χ0n) is 21.2. The van der Waals surface area contributed by atoms with Gasteiger partial charge in [0.05, 0.1) is 11.1 Å². The number of alkyl halides is 3. The Morgan fingerprint density at radius 2 is 1.42 bits per heavy atom. The van der Waals surface area contributed by atoms with E-state index in [1.165, 1.54) is 35.4 Å². The van der Waals surface area contributed by atoms with Crippen molar-refractivity contribution in [2.75, 3.05) is 0 Å². The fraction of sp³-hybridized carbons (Fsp3) is 0.367. The van der Waals surface area contributed by atoms with E-state index in [1.54, 1.807) is 12.1 Å². The lowest BCUT2D eigenvalue weighted by molar-refractivity contribution is -0.137. The molecule has 3 aromatic rings. The number of benzene rings is 3. The number of hydrogen-bond donors (Lipinski definition) is 1. The summed E-state index contributed by atoms with van der Waals surface area (Å²) in [4.78, 5) is 11.4. The lowest BCUT2D eigenvalue weighted by atomic mass is 9.62. The molecule has 36 heavy (non-hydrogen) atoms. The summed E-state index contributed by atoms with van der Waals surface area (Å²) in [5.74, 6) is -0.734. The third-order valence-electron chi connectivity index (χ3n) is 7.42. The number of fused-ring (bicyclic) bond motifs is 1. The Kier molecular flexibility index (Phi) is 6.44. The SMILES string of the molecule is Cc1cc2c(cc1C(Oc1ccc(C(F)(F)F)cc1)c1ccc(C(=O)O)cc1)C(C)(C)CCC2(C)C. The largest absolute Gasteiger partial charge is 0.481 e. The molecule has 0 aromatic heterocycles. The molecular weight excluding hydrogens is 465 g/mol. The van der Waals surface area contributed by atoms with Crippen LogP contribution in [0.5, 0.6) is 5.75 Å². The minimum absolute atomic E-state index is 0.0288. The Morgan fingerprint density at radius 3 is 1.92 bits per heavy atom. The summed E-state index contributed by atoms with van der Waals surface area (Å²) in [6, 6.07) is 15.5. The topological polar surface area (TPSA) is 46.5 Å². The van der Waals surface area contributed by atoms with Gasteiger partial charge in [-0.15, -0.1) is 0 Å². The van der Waals surface area contributed by atoms with Crippen LogP contribution in [0.1, 0.15) is 90.4 Å². The highest BCUT2D eigenvalue weighted by atomic mass is 19.4. The Labute approximate surface area is 209 Å². The Morgan fingerprint density at radius 1 is 0.889 bits per heavy atom. The molecule has 1 aliphatic rings. The van der Waals surface area contributed by atoms with Crippen LogP contribution in [-0.4, -0.2) is 11.1 Å². The first-order valence-electron chi connectivity index (χ1n) is 12.0. The van der Waals surface area contributed by atoms with E-state index in [1.807, 2.05) is 6.92 Å². The van der Waals surface area contributed by atoms with Crippen molar-refractivity contribution in [3.05, 3.63) is 99.6 Å². The van der Waals surface area contributed by atoms with Crippen LogP contribution in [0.4, 0.5) is 13.2 Å². The number of carbonyl (C=O) groups is 1. The van der Waals surface area contributed by atoms with Crippen LogP contribution < -0.4 is 4.74 Å². The standard InChI is InChI=1S/C30H31F3O3/c1-18-16-24-25(29(4,5)15-14-28(24,2)3)17-23(18)26(19-6-8-20(9-7-19)27(34)35)36-22-12-10-21(11-13-22)30(31,32)33/h6-13,16-17,26H,14-15H2,1-5H3,(H,34,35). The smallest absolute Gasteiger partial charge is 0.416 e. The van der Waals surface area contributed by atoms with Gasteiger partial charge in [0.1, 0.15) is 11.9 Å². The second-order valence-electron chi connectivity index (χ2n) is 11.0. The maximum Gasteiger partial charge on any atom is 0.416 e. The molecule has 0 radical (unpaired) electrons. The number of carboxylic acid groups (broad SMARTS) is 1. The summed E-state index contributed by atoms with van der Waals surface area (Å²) < 4.78 is 45.6. The van der Waals surface area contributed by atoms with Crippen LogP contribution in [-0.2, 0) is 17.0 Å². The number of halogens is 3. The van der Waals surface area contributed by atoms with Crippen LogP contribution in [0.15, 0.2) is 60.7 Å². The Bertz CT molecular complexity index is 1270. The maximum atomic E-state index is 13.1. The van der Waals surface area contributed by atoms with Crippen molar-refractivity contribution < 1.29 is 27.8 Å². The molecule has 1 atom stereocenters. The highest BCUT2D eigenvalue weighted by molar-refractivity contribution is 5.87. The monoisotopic (exact) mass is 496 g/mol. The van der Waals surface area contributed by atoms with E-state index in [-0.39, 0.29) is 16.4 Å². The van der Waals surface area contributed by atoms with Crippen LogP contribution >= 0.6 is 0 Å². The van der Waals surface area contributed by atoms with Crippen molar-refractivity contribution in [2.24, 2.45) is 0 Å². The average Bonchev–Trinajstić information content (AvgIpc) is 2.80. The minimum atomic E-state index is -4.43. The Balaban J connectivity index is 1.83. The highest BCUT2D eigenvalue weighted by Crippen LogP contribution is 2.47. The molecule has 190 valence electrons. The molecule has 0 spiro atoms. The van der Waals surface area contributed by atoms with E-state index in [0.29, 0.717) is 5.75 Å². The first kappa shape index (κ1) is 25.8. The van der Waals surface area contributed by atoms with Gasteiger partial charge in [0.15, 0.2) is 0 Å². The van der Waals surface area contributed by atoms with E-state index in [0.717, 1.165) is 41.7 Å². The van der Waals surface area contributed by atoms with Crippen molar-refractivity contribution >= 4 is 5.97 Å². The van der Waals surface area contributed by atoms with Gasteiger partial charge in [0.2, 0.25) is 0 Å². The van der Waals surface area contributed by atoms with E-state index in [9.17, 15) is 23.1 Å². The molecule has 3 aromatic carbocycles. The summed E-state index contributed by atoms with van der Waals surface area (Å²) in [6.45, 7) is 11.0. The summed E-state index contributed by atoms with van der Waals surface area (Å²) >= 11 is 0. The van der Waals surface area contributed by atoms with Gasteiger partial charge in [0, 0.05) is 5.56 Å². The van der Waals surface area contributed by atoms with Gasteiger partial charge in [-0.1, -0.05) is 52.0 Å². The number of ether oxygens (including phenoxy) is 1. The van der Waals surface area contributed by atoms with Crippen LogP contribution in [0, 0.1) is 6.92 Å². The summed E-state index contributed by atoms with van der Waals surface area (Å²) in [5, 5.41) is 9.32. The molecule has 0 heterocycles. The number of aryl methyl sites for hydroxylation is 1. The number of rotatable bonds is 5. The van der Waals surface area contributed by atoms with Gasteiger partial charge in [-0.3, -0.25) is 0 Å². The fourth-order valence-electron chi connectivity index (χ4n) is 4.99. The van der Waals surface area contributed by atoms with Crippen LogP contribution in [0.2, 0.25) is 0 Å². The molecule has 0 amide bonds. The third-order valence-corrected chi connectivity index (χ3v) is 7.42. The average molecular weight is 497 g/mol. The number of hydrogen-bond acceptors (Lipinski definition) is 2. The molecule has 1 unspecified atom stereocenters.